The summed E-state index contributed by atoms with van der Waals surface area (Å²) in [5, 5.41) is 23.6. The molecule has 4 unspecified atom stereocenters. The zero-order valence-corrected chi connectivity index (χ0v) is 18.7. The average molecular weight is 462 g/mol. The lowest BCUT2D eigenvalue weighted by atomic mass is 10.1. The predicted molar refractivity (Wildman–Crippen MR) is 117 cm³/mol. The maximum absolute atomic E-state index is 12.7. The van der Waals surface area contributed by atoms with Gasteiger partial charge in [-0.2, -0.15) is 11.8 Å². The molecular weight excluding hydrogens is 426 g/mol. The maximum atomic E-state index is 12.7. The van der Waals surface area contributed by atoms with E-state index in [0.717, 1.165) is 6.42 Å². The molecule has 31 heavy (non-hydrogen) atoms. The zero-order chi connectivity index (χ0) is 23.4. The first-order valence-corrected chi connectivity index (χ1v) is 11.9. The Morgan fingerprint density at radius 3 is 2.45 bits per heavy atom. The van der Waals surface area contributed by atoms with Gasteiger partial charge in [0.25, 0.3) is 0 Å². The number of rotatable bonds is 14. The third-order valence-corrected chi connectivity index (χ3v) is 5.81. The van der Waals surface area contributed by atoms with Gasteiger partial charge in [-0.15, -0.1) is 0 Å². The number of hydrogen-bond donors (Lipinski definition) is 6. The largest absolute Gasteiger partial charge is 0.480 e. The number of aliphatic carboxylic acids is 1. The van der Waals surface area contributed by atoms with E-state index in [0.29, 0.717) is 44.5 Å². The number of carboxylic acid groups (broad SMARTS) is 1. The summed E-state index contributed by atoms with van der Waals surface area (Å²) in [6.07, 6.45) is 4.99. The van der Waals surface area contributed by atoms with E-state index in [9.17, 15) is 29.4 Å². The molecule has 0 radical (unpaired) electrons. The summed E-state index contributed by atoms with van der Waals surface area (Å²) in [5.74, 6) is -2.37. The topological polar surface area (TPSA) is 188 Å². The first-order valence-electron chi connectivity index (χ1n) is 10.5. The first-order chi connectivity index (χ1) is 14.8. The van der Waals surface area contributed by atoms with Gasteiger partial charge in [-0.25, -0.2) is 4.79 Å². The van der Waals surface area contributed by atoms with Crippen LogP contribution < -0.4 is 22.1 Å². The summed E-state index contributed by atoms with van der Waals surface area (Å²) >= 11 is 1.44. The number of thioether (sulfide) groups is 1. The molecule has 0 spiro atoms. The van der Waals surface area contributed by atoms with Crippen molar-refractivity contribution < 1.29 is 29.4 Å². The highest BCUT2D eigenvalue weighted by atomic mass is 32.2. The maximum Gasteiger partial charge on any atom is 0.326 e. The summed E-state index contributed by atoms with van der Waals surface area (Å²) in [6.45, 7) is 0.194. The molecule has 3 amide bonds. The predicted octanol–water partition coefficient (Wildman–Crippen LogP) is -1.77. The van der Waals surface area contributed by atoms with E-state index in [1.54, 1.807) is 0 Å². The highest BCUT2D eigenvalue weighted by Gasteiger charge is 2.37. The van der Waals surface area contributed by atoms with Crippen molar-refractivity contribution in [3.8, 4) is 0 Å². The van der Waals surface area contributed by atoms with Gasteiger partial charge in [0.2, 0.25) is 17.7 Å². The van der Waals surface area contributed by atoms with E-state index >= 15 is 0 Å². The van der Waals surface area contributed by atoms with Gasteiger partial charge >= 0.3 is 5.97 Å². The number of carbonyl (C=O) groups is 4. The Kier molecular flexibility index (Phi) is 12.5. The second-order valence-electron chi connectivity index (χ2n) is 7.51. The highest BCUT2D eigenvalue weighted by Crippen LogP contribution is 2.19. The molecule has 8 N–H and O–H groups in total. The van der Waals surface area contributed by atoms with Crippen molar-refractivity contribution in [3.05, 3.63) is 0 Å². The van der Waals surface area contributed by atoms with Crippen molar-refractivity contribution in [2.24, 2.45) is 11.5 Å². The summed E-state index contributed by atoms with van der Waals surface area (Å²) in [4.78, 5) is 50.5. The van der Waals surface area contributed by atoms with Crippen molar-refractivity contribution in [1.82, 2.24) is 15.5 Å². The number of nitrogens with one attached hydrogen (secondary N) is 2. The van der Waals surface area contributed by atoms with Crippen molar-refractivity contribution >= 4 is 35.5 Å². The van der Waals surface area contributed by atoms with E-state index in [1.807, 2.05) is 6.26 Å². The van der Waals surface area contributed by atoms with Crippen LogP contribution in [0.2, 0.25) is 0 Å². The van der Waals surface area contributed by atoms with Gasteiger partial charge < -0.3 is 37.2 Å². The molecule has 0 aromatic carbocycles. The Labute approximate surface area is 186 Å². The number of carbonyl (C=O) groups excluding carboxylic acids is 3. The number of carboxylic acids is 1. The number of aliphatic hydroxyl groups is 1. The van der Waals surface area contributed by atoms with Gasteiger partial charge in [0.05, 0.1) is 12.6 Å². The molecule has 1 fully saturated rings. The molecule has 1 rings (SSSR count). The SMILES string of the molecule is CSCCC(NC(=O)C(CO)NC(=O)C1CCCN1C(=O)C(N)CCCCN)C(=O)O. The van der Waals surface area contributed by atoms with Crippen LogP contribution in [0.1, 0.15) is 38.5 Å². The van der Waals surface area contributed by atoms with Crippen molar-refractivity contribution in [3.63, 3.8) is 0 Å². The Morgan fingerprint density at radius 1 is 1.16 bits per heavy atom. The van der Waals surface area contributed by atoms with Crippen LogP contribution in [0.5, 0.6) is 0 Å². The van der Waals surface area contributed by atoms with Crippen LogP contribution in [-0.2, 0) is 19.2 Å². The smallest absolute Gasteiger partial charge is 0.326 e. The lowest BCUT2D eigenvalue weighted by Gasteiger charge is -2.28. The molecule has 11 nitrogen and oxygen atoms in total. The molecule has 12 heteroatoms. The van der Waals surface area contributed by atoms with Crippen LogP contribution in [0.15, 0.2) is 0 Å². The fourth-order valence-corrected chi connectivity index (χ4v) is 3.85. The minimum absolute atomic E-state index is 0.210. The number of unbranched alkanes of at least 4 members (excludes halogenated alkanes) is 1. The molecule has 1 heterocycles. The van der Waals surface area contributed by atoms with Crippen molar-refractivity contribution in [2.75, 3.05) is 31.7 Å². The Bertz CT molecular complexity index is 623. The number of likely N-dealkylation sites (tertiary alicyclic amines) is 1. The minimum Gasteiger partial charge on any atom is -0.480 e. The second-order valence-corrected chi connectivity index (χ2v) is 8.49. The van der Waals surface area contributed by atoms with Gasteiger partial charge in [-0.05, 0) is 50.7 Å². The third kappa shape index (κ3) is 8.63. The lowest BCUT2D eigenvalue weighted by molar-refractivity contribution is -0.143. The molecular formula is C19H35N5O6S. The lowest BCUT2D eigenvalue weighted by Crippen LogP contribution is -2.57. The fraction of sp³-hybridized carbons (Fsp3) is 0.789. The van der Waals surface area contributed by atoms with Crippen LogP contribution in [0.4, 0.5) is 0 Å². The van der Waals surface area contributed by atoms with E-state index in [2.05, 4.69) is 10.6 Å². The second kappa shape index (κ2) is 14.2. The first kappa shape index (κ1) is 27.1. The van der Waals surface area contributed by atoms with Crippen LogP contribution in [0.3, 0.4) is 0 Å². The summed E-state index contributed by atoms with van der Waals surface area (Å²) in [6, 6.07) is -3.97. The van der Waals surface area contributed by atoms with Crippen molar-refractivity contribution in [2.45, 2.75) is 62.7 Å². The number of aliphatic hydroxyl groups excluding tert-OH is 1. The molecule has 1 aliphatic rings. The van der Waals surface area contributed by atoms with Gasteiger partial charge in [0.15, 0.2) is 0 Å². The normalized spacial score (nSPS) is 18.8. The summed E-state index contributed by atoms with van der Waals surface area (Å²) in [5.41, 5.74) is 11.4. The molecule has 1 aliphatic heterocycles. The number of nitrogens with two attached hydrogens (primary N) is 2. The summed E-state index contributed by atoms with van der Waals surface area (Å²) in [7, 11) is 0. The quantitative estimate of drug-likeness (QED) is 0.163. The third-order valence-electron chi connectivity index (χ3n) is 5.17. The molecule has 0 saturated carbocycles. The Hall–Kier alpha value is -1.89. The van der Waals surface area contributed by atoms with Crippen LogP contribution in [0, 0.1) is 0 Å². The number of hydrogen-bond acceptors (Lipinski definition) is 8. The minimum atomic E-state index is -1.32. The van der Waals surface area contributed by atoms with E-state index in [1.165, 1.54) is 16.7 Å². The molecule has 0 aliphatic carbocycles. The number of amides is 3. The van der Waals surface area contributed by atoms with Crippen LogP contribution in [0.25, 0.3) is 0 Å². The van der Waals surface area contributed by atoms with Gasteiger partial charge in [0, 0.05) is 6.54 Å². The number of nitrogens with zero attached hydrogens (tertiary/aromatic N) is 1. The molecule has 1 saturated heterocycles. The Balaban J connectivity index is 2.71. The molecule has 0 bridgehead atoms. The van der Waals surface area contributed by atoms with E-state index in [4.69, 9.17) is 11.5 Å². The van der Waals surface area contributed by atoms with Gasteiger partial charge in [0.1, 0.15) is 18.1 Å². The van der Waals surface area contributed by atoms with Crippen LogP contribution >= 0.6 is 11.8 Å². The average Bonchev–Trinajstić information content (AvgIpc) is 3.23. The van der Waals surface area contributed by atoms with E-state index in [-0.39, 0.29) is 12.3 Å². The highest BCUT2D eigenvalue weighted by molar-refractivity contribution is 7.98. The molecule has 0 aromatic rings. The molecule has 178 valence electrons. The fourth-order valence-electron chi connectivity index (χ4n) is 3.38. The van der Waals surface area contributed by atoms with Crippen molar-refractivity contribution in [1.29, 1.82) is 0 Å². The Morgan fingerprint density at radius 2 is 1.87 bits per heavy atom. The van der Waals surface area contributed by atoms with E-state index < -0.39 is 48.6 Å². The van der Waals surface area contributed by atoms with Gasteiger partial charge in [-0.1, -0.05) is 6.42 Å². The van der Waals surface area contributed by atoms with Gasteiger partial charge in [-0.3, -0.25) is 14.4 Å². The standard InChI is InChI=1S/C19H35N5O6S/c1-31-10-7-13(19(29)30)22-16(26)14(11-25)23-17(27)15-6-4-9-24(15)18(28)12(21)5-2-3-8-20/h12-15,25H,2-11,20-21H2,1H3,(H,22,26)(H,23,27)(H,29,30). The van der Waals surface area contributed by atoms with Crippen LogP contribution in [-0.4, -0.2) is 94.7 Å². The summed E-state index contributed by atoms with van der Waals surface area (Å²) < 4.78 is 0. The molecule has 4 atom stereocenters. The zero-order valence-electron chi connectivity index (χ0n) is 17.9. The monoisotopic (exact) mass is 461 g/mol. The molecule has 0 aromatic heterocycles.